The van der Waals surface area contributed by atoms with Crippen molar-refractivity contribution >= 4 is 17.3 Å². The molecule has 1 heterocycles. The Morgan fingerprint density at radius 1 is 1.45 bits per heavy atom. The Bertz CT molecular complexity index is 707. The van der Waals surface area contributed by atoms with Gasteiger partial charge in [0.1, 0.15) is 5.82 Å². The van der Waals surface area contributed by atoms with E-state index in [4.69, 9.17) is 18.2 Å². The van der Waals surface area contributed by atoms with Crippen molar-refractivity contribution in [1.29, 1.82) is 5.26 Å². The van der Waals surface area contributed by atoms with E-state index in [1.807, 2.05) is 0 Å². The highest BCUT2D eigenvalue weighted by atomic mass is 35.5. The first kappa shape index (κ1) is 14.2. The van der Waals surface area contributed by atoms with Crippen molar-refractivity contribution in [1.82, 2.24) is 0 Å². The summed E-state index contributed by atoms with van der Waals surface area (Å²) in [7, 11) is 0. The van der Waals surface area contributed by atoms with Gasteiger partial charge in [-0.05, 0) is 31.5 Å². The number of rotatable bonds is 1. The molecule has 0 spiro atoms. The summed E-state index contributed by atoms with van der Waals surface area (Å²) in [4.78, 5) is 7.75. The van der Waals surface area contributed by atoms with Crippen LogP contribution in [0.2, 0.25) is 5.02 Å². The molecule has 0 saturated carbocycles. The van der Waals surface area contributed by atoms with Gasteiger partial charge in [0.25, 0.3) is 0 Å². The average molecular weight is 288 g/mol. The van der Waals surface area contributed by atoms with E-state index >= 15 is 0 Å². The Kier molecular flexibility index (Phi) is 3.88. The summed E-state index contributed by atoms with van der Waals surface area (Å²) in [5.41, 5.74) is 2.19. The third-order valence-corrected chi connectivity index (χ3v) is 3.68. The second kappa shape index (κ2) is 5.45. The van der Waals surface area contributed by atoms with Crippen LogP contribution in [0.25, 0.3) is 4.85 Å². The van der Waals surface area contributed by atoms with Crippen molar-refractivity contribution in [2.45, 2.75) is 19.8 Å². The maximum absolute atomic E-state index is 13.2. The molecule has 3 nitrogen and oxygen atoms in total. The molecule has 20 heavy (non-hydrogen) atoms. The second-order valence-electron chi connectivity index (χ2n) is 4.59. The Labute approximate surface area is 121 Å². The smallest absolute Gasteiger partial charge is 0.195 e. The van der Waals surface area contributed by atoms with Crippen LogP contribution in [0.5, 0.6) is 0 Å². The molecule has 0 saturated heterocycles. The molecule has 0 aliphatic carbocycles. The molecule has 1 aliphatic heterocycles. The summed E-state index contributed by atoms with van der Waals surface area (Å²) in [6.45, 7) is 10.8. The van der Waals surface area contributed by atoms with Crippen molar-refractivity contribution < 1.29 is 4.39 Å². The molecule has 0 fully saturated rings. The van der Waals surface area contributed by atoms with Gasteiger partial charge < -0.3 is 0 Å². The quantitative estimate of drug-likeness (QED) is 0.709. The van der Waals surface area contributed by atoms with Crippen LogP contribution in [0.4, 0.5) is 4.39 Å². The molecule has 100 valence electrons. The molecule has 2 atom stereocenters. The van der Waals surface area contributed by atoms with Gasteiger partial charge in [-0.15, -0.1) is 0 Å². The largest absolute Gasteiger partial charge is 0.273 e. The highest BCUT2D eigenvalue weighted by Gasteiger charge is 2.35. The van der Waals surface area contributed by atoms with Crippen molar-refractivity contribution in [2.24, 2.45) is 10.9 Å². The summed E-state index contributed by atoms with van der Waals surface area (Å²) in [5.74, 6) is -1.51. The highest BCUT2D eigenvalue weighted by Crippen LogP contribution is 2.41. The van der Waals surface area contributed by atoms with E-state index in [2.05, 4.69) is 15.9 Å². The first-order chi connectivity index (χ1) is 9.49. The maximum Gasteiger partial charge on any atom is 0.195 e. The van der Waals surface area contributed by atoms with Crippen molar-refractivity contribution in [3.05, 3.63) is 57.4 Å². The van der Waals surface area contributed by atoms with Gasteiger partial charge in [0.2, 0.25) is 0 Å². The van der Waals surface area contributed by atoms with E-state index in [-0.39, 0.29) is 5.02 Å². The Hall–Kier alpha value is -2.17. The van der Waals surface area contributed by atoms with Crippen LogP contribution < -0.4 is 0 Å². The van der Waals surface area contributed by atoms with Crippen LogP contribution in [0.1, 0.15) is 25.3 Å². The number of benzene rings is 1. The van der Waals surface area contributed by atoms with Crippen LogP contribution in [0.15, 0.2) is 34.6 Å². The first-order valence-electron chi connectivity index (χ1n) is 5.97. The molecule has 0 amide bonds. The minimum Gasteiger partial charge on any atom is -0.273 e. The molecular formula is C15H11ClFN3. The predicted molar refractivity (Wildman–Crippen MR) is 75.7 cm³/mol. The SMILES string of the molecule is [C-]#[N+]C1=C(C)N=C(C)C(C#N)C1c1ccc(F)cc1Cl. The van der Waals surface area contributed by atoms with E-state index in [0.717, 1.165) is 0 Å². The molecule has 0 radical (unpaired) electrons. The number of nitriles is 1. The van der Waals surface area contributed by atoms with Gasteiger partial charge in [-0.1, -0.05) is 17.7 Å². The van der Waals surface area contributed by atoms with Gasteiger partial charge >= 0.3 is 0 Å². The van der Waals surface area contributed by atoms with E-state index in [0.29, 0.717) is 22.7 Å². The Balaban J connectivity index is 2.66. The molecule has 2 unspecified atom stereocenters. The van der Waals surface area contributed by atoms with Crippen LogP contribution in [0.3, 0.4) is 0 Å². The minimum atomic E-state index is -0.564. The fraction of sp³-hybridized carbons (Fsp3) is 0.267. The number of hydrogen-bond acceptors (Lipinski definition) is 2. The average Bonchev–Trinajstić information content (AvgIpc) is 2.38. The normalized spacial score (nSPS) is 22.0. The lowest BCUT2D eigenvalue weighted by molar-refractivity contribution is 0.624. The topological polar surface area (TPSA) is 40.5 Å². The monoisotopic (exact) mass is 287 g/mol. The van der Waals surface area contributed by atoms with Gasteiger partial charge in [-0.25, -0.2) is 9.24 Å². The molecule has 0 bridgehead atoms. The highest BCUT2D eigenvalue weighted by molar-refractivity contribution is 6.31. The molecule has 2 rings (SSSR count). The zero-order valence-corrected chi connectivity index (χ0v) is 11.7. The van der Waals surface area contributed by atoms with E-state index in [1.54, 1.807) is 13.8 Å². The van der Waals surface area contributed by atoms with Crippen molar-refractivity contribution in [3.63, 3.8) is 0 Å². The standard InChI is InChI=1S/C15H11ClFN3/c1-8-12(7-18)14(15(19-3)9(2)20-8)11-5-4-10(17)6-13(11)16/h4-6,12,14H,1-2H3. The third kappa shape index (κ3) is 2.31. The van der Waals surface area contributed by atoms with Crippen LogP contribution in [0, 0.1) is 29.6 Å². The fourth-order valence-corrected chi connectivity index (χ4v) is 2.70. The molecule has 1 aromatic carbocycles. The van der Waals surface area contributed by atoms with Gasteiger partial charge in [-0.3, -0.25) is 4.99 Å². The van der Waals surface area contributed by atoms with Gasteiger partial charge in [0.15, 0.2) is 5.70 Å². The van der Waals surface area contributed by atoms with Crippen molar-refractivity contribution in [3.8, 4) is 6.07 Å². The molecule has 0 aromatic heterocycles. The summed E-state index contributed by atoms with van der Waals surface area (Å²) >= 11 is 6.09. The lowest BCUT2D eigenvalue weighted by Crippen LogP contribution is -2.24. The minimum absolute atomic E-state index is 0.221. The van der Waals surface area contributed by atoms with Crippen LogP contribution in [-0.2, 0) is 0 Å². The number of aliphatic imine (C=N–C) groups is 1. The van der Waals surface area contributed by atoms with Gasteiger partial charge in [0, 0.05) is 22.3 Å². The lowest BCUT2D eigenvalue weighted by Gasteiger charge is -2.27. The third-order valence-electron chi connectivity index (χ3n) is 3.35. The van der Waals surface area contributed by atoms with Gasteiger partial charge in [-0.2, -0.15) is 5.26 Å². The summed E-state index contributed by atoms with van der Waals surface area (Å²) < 4.78 is 13.2. The second-order valence-corrected chi connectivity index (χ2v) is 4.99. The fourth-order valence-electron chi connectivity index (χ4n) is 2.41. The lowest BCUT2D eigenvalue weighted by atomic mass is 9.79. The molecular weight excluding hydrogens is 277 g/mol. The molecule has 5 heteroatoms. The number of nitrogens with zero attached hydrogens (tertiary/aromatic N) is 3. The molecule has 0 N–H and O–H groups in total. The van der Waals surface area contributed by atoms with E-state index < -0.39 is 17.7 Å². The maximum atomic E-state index is 13.2. The predicted octanol–water partition coefficient (Wildman–Crippen LogP) is 4.33. The van der Waals surface area contributed by atoms with Crippen LogP contribution in [-0.4, -0.2) is 5.71 Å². The molecule has 1 aromatic rings. The zero-order chi connectivity index (χ0) is 14.9. The number of hydrogen-bond donors (Lipinski definition) is 0. The van der Waals surface area contributed by atoms with E-state index in [1.165, 1.54) is 18.2 Å². The summed E-state index contributed by atoms with van der Waals surface area (Å²) in [6, 6.07) is 6.18. The zero-order valence-electron chi connectivity index (χ0n) is 11.0. The number of allylic oxidation sites excluding steroid dienone is 2. The number of halogens is 2. The Morgan fingerprint density at radius 2 is 2.15 bits per heavy atom. The van der Waals surface area contributed by atoms with Gasteiger partial charge in [0.05, 0.1) is 18.6 Å². The first-order valence-corrected chi connectivity index (χ1v) is 6.35. The Morgan fingerprint density at radius 3 is 2.70 bits per heavy atom. The van der Waals surface area contributed by atoms with Crippen LogP contribution >= 0.6 is 11.6 Å². The summed E-state index contributed by atoms with van der Waals surface area (Å²) in [6.07, 6.45) is 0. The van der Waals surface area contributed by atoms with E-state index in [9.17, 15) is 9.65 Å². The molecule has 1 aliphatic rings. The van der Waals surface area contributed by atoms with Crippen molar-refractivity contribution in [2.75, 3.05) is 0 Å². The summed E-state index contributed by atoms with van der Waals surface area (Å²) in [5, 5.41) is 9.59.